The van der Waals surface area contributed by atoms with Crippen LogP contribution >= 0.6 is 0 Å². The van der Waals surface area contributed by atoms with Crippen LogP contribution < -0.4 is 14.8 Å². The zero-order valence-electron chi connectivity index (χ0n) is 19.3. The van der Waals surface area contributed by atoms with E-state index in [4.69, 9.17) is 20.6 Å². The number of hydrogen-bond donors (Lipinski definition) is 1. The fourth-order valence-electron chi connectivity index (χ4n) is 3.37. The monoisotopic (exact) mass is 453 g/mol. The van der Waals surface area contributed by atoms with Gasteiger partial charge in [-0.25, -0.2) is 0 Å². The van der Waals surface area contributed by atoms with E-state index < -0.39 is 6.10 Å². The summed E-state index contributed by atoms with van der Waals surface area (Å²) < 4.78 is 16.9. The summed E-state index contributed by atoms with van der Waals surface area (Å²) in [4.78, 5) is 13.2. The van der Waals surface area contributed by atoms with Crippen molar-refractivity contribution in [1.82, 2.24) is 0 Å². The van der Waals surface area contributed by atoms with Gasteiger partial charge in [0.15, 0.2) is 17.6 Å². The summed E-state index contributed by atoms with van der Waals surface area (Å²) in [5, 5.41) is 2.99. The van der Waals surface area contributed by atoms with Crippen LogP contribution in [0.15, 0.2) is 72.8 Å². The lowest BCUT2D eigenvalue weighted by atomic mass is 10.0. The molecule has 0 heterocycles. The van der Waals surface area contributed by atoms with Gasteiger partial charge in [-0.1, -0.05) is 73.4 Å². The third-order valence-corrected chi connectivity index (χ3v) is 4.93. The molecule has 172 valence electrons. The number of para-hydroxylation sites is 1. The van der Waals surface area contributed by atoms with Gasteiger partial charge in [-0.05, 0) is 29.3 Å². The molecule has 0 aliphatic heterocycles. The van der Waals surface area contributed by atoms with E-state index in [0.29, 0.717) is 17.2 Å². The molecule has 1 N–H and O–H groups in total. The third-order valence-electron chi connectivity index (χ3n) is 4.93. The molecule has 1 amide bonds. The Morgan fingerprint density at radius 2 is 1.74 bits per heavy atom. The first kappa shape index (κ1) is 24.5. The average molecular weight is 454 g/mol. The molecule has 0 aliphatic rings. The van der Waals surface area contributed by atoms with Crippen molar-refractivity contribution in [2.75, 3.05) is 25.6 Å². The maximum absolute atomic E-state index is 13.2. The SMILES string of the molecule is C#CCOC(C(=O)Nc1ccccc1-c1ccc(OCC#CCC)c(OC)c1)c1ccccc1. The smallest absolute Gasteiger partial charge is 0.258 e. The lowest BCUT2D eigenvalue weighted by molar-refractivity contribution is -0.126. The van der Waals surface area contributed by atoms with Crippen LogP contribution in [-0.2, 0) is 9.53 Å². The molecule has 3 aromatic rings. The third kappa shape index (κ3) is 6.42. The Hall–Kier alpha value is -4.19. The van der Waals surface area contributed by atoms with E-state index in [-0.39, 0.29) is 19.1 Å². The number of hydrogen-bond acceptors (Lipinski definition) is 4. The summed E-state index contributed by atoms with van der Waals surface area (Å²) in [5.41, 5.74) is 3.06. The molecule has 0 spiro atoms. The highest BCUT2D eigenvalue weighted by atomic mass is 16.5. The summed E-state index contributed by atoms with van der Waals surface area (Å²) in [6.07, 6.45) is 5.30. The van der Waals surface area contributed by atoms with Crippen molar-refractivity contribution in [3.8, 4) is 46.8 Å². The van der Waals surface area contributed by atoms with Crippen LogP contribution in [0.3, 0.4) is 0 Å². The molecule has 0 radical (unpaired) electrons. The standard InChI is InChI=1S/C29H27NO4/c1-4-6-12-20-33-26-18-17-23(21-27(26)32-3)24-15-10-11-16-25(24)30-29(31)28(34-19-5-2)22-13-8-7-9-14-22/h2,7-11,13-18,21,28H,4,19-20H2,1,3H3,(H,30,31). The van der Waals surface area contributed by atoms with Crippen LogP contribution in [0.4, 0.5) is 5.69 Å². The number of methoxy groups -OCH3 is 1. The molecular formula is C29H27NO4. The molecule has 0 aromatic heterocycles. The zero-order valence-corrected chi connectivity index (χ0v) is 19.3. The number of anilines is 1. The Balaban J connectivity index is 1.86. The summed E-state index contributed by atoms with van der Waals surface area (Å²) in [6, 6.07) is 22.4. The second-order valence-electron chi connectivity index (χ2n) is 7.20. The molecule has 1 atom stereocenters. The topological polar surface area (TPSA) is 56.8 Å². The van der Waals surface area contributed by atoms with Gasteiger partial charge >= 0.3 is 0 Å². The zero-order chi connectivity index (χ0) is 24.2. The molecule has 5 nitrogen and oxygen atoms in total. The fraction of sp³-hybridized carbons (Fsp3) is 0.207. The van der Waals surface area contributed by atoms with Gasteiger partial charge in [-0.2, -0.15) is 0 Å². The van der Waals surface area contributed by atoms with E-state index in [1.165, 1.54) is 0 Å². The number of amides is 1. The predicted molar refractivity (Wildman–Crippen MR) is 135 cm³/mol. The minimum absolute atomic E-state index is 0.0237. The molecule has 0 bridgehead atoms. The highest BCUT2D eigenvalue weighted by Crippen LogP contribution is 2.36. The molecule has 5 heteroatoms. The van der Waals surface area contributed by atoms with Crippen LogP contribution in [0, 0.1) is 24.2 Å². The molecule has 0 aliphatic carbocycles. The first-order chi connectivity index (χ1) is 16.7. The van der Waals surface area contributed by atoms with Crippen LogP contribution in [-0.4, -0.2) is 26.2 Å². The first-order valence-electron chi connectivity index (χ1n) is 10.9. The molecule has 3 rings (SSSR count). The first-order valence-corrected chi connectivity index (χ1v) is 10.9. The number of ether oxygens (including phenoxy) is 3. The highest BCUT2D eigenvalue weighted by Gasteiger charge is 2.22. The average Bonchev–Trinajstić information content (AvgIpc) is 2.88. The molecule has 34 heavy (non-hydrogen) atoms. The van der Waals surface area contributed by atoms with E-state index >= 15 is 0 Å². The van der Waals surface area contributed by atoms with Crippen molar-refractivity contribution in [2.24, 2.45) is 0 Å². The van der Waals surface area contributed by atoms with Gasteiger partial charge in [0.25, 0.3) is 5.91 Å². The highest BCUT2D eigenvalue weighted by molar-refractivity contribution is 5.98. The van der Waals surface area contributed by atoms with E-state index in [1.807, 2.05) is 79.7 Å². The summed E-state index contributed by atoms with van der Waals surface area (Å²) >= 11 is 0. The van der Waals surface area contributed by atoms with Crippen molar-refractivity contribution in [3.05, 3.63) is 78.4 Å². The van der Waals surface area contributed by atoms with Crippen molar-refractivity contribution >= 4 is 11.6 Å². The van der Waals surface area contributed by atoms with Gasteiger partial charge in [0.2, 0.25) is 0 Å². The lowest BCUT2D eigenvalue weighted by Gasteiger charge is -2.19. The Labute approximate surface area is 201 Å². The molecule has 1 unspecified atom stereocenters. The van der Waals surface area contributed by atoms with E-state index in [2.05, 4.69) is 23.1 Å². The fourth-order valence-corrected chi connectivity index (χ4v) is 3.37. The Kier molecular flexibility index (Phi) is 9.17. The predicted octanol–water partition coefficient (Wildman–Crippen LogP) is 5.48. The van der Waals surface area contributed by atoms with E-state index in [0.717, 1.165) is 23.1 Å². The lowest BCUT2D eigenvalue weighted by Crippen LogP contribution is -2.24. The molecular weight excluding hydrogens is 426 g/mol. The van der Waals surface area contributed by atoms with Crippen LogP contribution in [0.1, 0.15) is 25.0 Å². The van der Waals surface area contributed by atoms with Crippen molar-refractivity contribution in [3.63, 3.8) is 0 Å². The molecule has 3 aromatic carbocycles. The normalized spacial score (nSPS) is 10.9. The molecule has 0 saturated heterocycles. The van der Waals surface area contributed by atoms with Crippen molar-refractivity contribution < 1.29 is 19.0 Å². The number of nitrogens with one attached hydrogen (secondary N) is 1. The minimum Gasteiger partial charge on any atom is -0.493 e. The maximum Gasteiger partial charge on any atom is 0.258 e. The van der Waals surface area contributed by atoms with Gasteiger partial charge < -0.3 is 19.5 Å². The second-order valence-corrected chi connectivity index (χ2v) is 7.20. The Bertz CT molecular complexity index is 1200. The number of rotatable bonds is 9. The maximum atomic E-state index is 13.2. The summed E-state index contributed by atoms with van der Waals surface area (Å²) in [6.45, 7) is 2.30. The van der Waals surface area contributed by atoms with E-state index in [9.17, 15) is 4.79 Å². The van der Waals surface area contributed by atoms with Gasteiger partial charge in [0.1, 0.15) is 13.2 Å². The minimum atomic E-state index is -0.833. The Morgan fingerprint density at radius 1 is 0.971 bits per heavy atom. The van der Waals surface area contributed by atoms with Crippen molar-refractivity contribution in [1.29, 1.82) is 0 Å². The quantitative estimate of drug-likeness (QED) is 0.436. The number of terminal acetylenes is 1. The number of benzene rings is 3. The van der Waals surface area contributed by atoms with Crippen LogP contribution in [0.25, 0.3) is 11.1 Å². The van der Waals surface area contributed by atoms with Crippen molar-refractivity contribution in [2.45, 2.75) is 19.4 Å². The summed E-state index contributed by atoms with van der Waals surface area (Å²) in [5.74, 6) is 9.23. The van der Waals surface area contributed by atoms with Crippen LogP contribution in [0.2, 0.25) is 0 Å². The van der Waals surface area contributed by atoms with Gasteiger partial charge in [-0.3, -0.25) is 4.79 Å². The van der Waals surface area contributed by atoms with Gasteiger partial charge in [-0.15, -0.1) is 12.3 Å². The number of carbonyl (C=O) groups is 1. The number of carbonyl (C=O) groups excluding carboxylic acids is 1. The molecule has 0 fully saturated rings. The van der Waals surface area contributed by atoms with Gasteiger partial charge in [0, 0.05) is 17.7 Å². The van der Waals surface area contributed by atoms with Crippen LogP contribution in [0.5, 0.6) is 11.5 Å². The van der Waals surface area contributed by atoms with Gasteiger partial charge in [0.05, 0.1) is 7.11 Å². The second kappa shape index (κ2) is 12.7. The Morgan fingerprint density at radius 3 is 2.47 bits per heavy atom. The summed E-state index contributed by atoms with van der Waals surface area (Å²) in [7, 11) is 1.59. The molecule has 0 saturated carbocycles. The largest absolute Gasteiger partial charge is 0.493 e. The van der Waals surface area contributed by atoms with E-state index in [1.54, 1.807) is 7.11 Å².